The highest BCUT2D eigenvalue weighted by Crippen LogP contribution is 2.27. The lowest BCUT2D eigenvalue weighted by atomic mass is 10.1. The van der Waals surface area contributed by atoms with Crippen LogP contribution in [0, 0.1) is 24.1 Å². The van der Waals surface area contributed by atoms with Crippen LogP contribution in [0.25, 0.3) is 10.2 Å². The van der Waals surface area contributed by atoms with E-state index in [1.807, 2.05) is 6.07 Å². The number of nitriles is 1. The topological polar surface area (TPSA) is 116 Å². The predicted molar refractivity (Wildman–Crippen MR) is 88.6 cm³/mol. The SMILES string of the molecule is Cc1sc2c(c1C#N)c(=O)[nH]c(=O)n2Cc1ccc(F)c(C(=O)O)c1. The minimum absolute atomic E-state index is 0.0719. The van der Waals surface area contributed by atoms with Crippen molar-refractivity contribution in [2.45, 2.75) is 13.5 Å². The second kappa shape index (κ2) is 5.99. The van der Waals surface area contributed by atoms with E-state index >= 15 is 0 Å². The summed E-state index contributed by atoms with van der Waals surface area (Å²) in [6.45, 7) is 1.59. The van der Waals surface area contributed by atoms with Crippen molar-refractivity contribution < 1.29 is 14.3 Å². The monoisotopic (exact) mass is 359 g/mol. The van der Waals surface area contributed by atoms with Gasteiger partial charge in [-0.2, -0.15) is 5.26 Å². The zero-order valence-electron chi connectivity index (χ0n) is 12.8. The van der Waals surface area contributed by atoms with Crippen LogP contribution in [0.3, 0.4) is 0 Å². The molecule has 3 rings (SSSR count). The molecule has 0 saturated carbocycles. The average molecular weight is 359 g/mol. The van der Waals surface area contributed by atoms with Gasteiger partial charge in [0.05, 0.1) is 23.1 Å². The maximum Gasteiger partial charge on any atom is 0.338 e. The van der Waals surface area contributed by atoms with Crippen molar-refractivity contribution in [1.82, 2.24) is 9.55 Å². The fourth-order valence-electron chi connectivity index (χ4n) is 2.55. The Morgan fingerprint density at radius 1 is 1.44 bits per heavy atom. The average Bonchev–Trinajstić information content (AvgIpc) is 2.89. The molecule has 0 fully saturated rings. The molecule has 0 atom stereocenters. The number of nitrogens with one attached hydrogen (secondary N) is 1. The zero-order chi connectivity index (χ0) is 18.3. The quantitative estimate of drug-likeness (QED) is 0.740. The summed E-state index contributed by atoms with van der Waals surface area (Å²) >= 11 is 1.12. The van der Waals surface area contributed by atoms with Crippen LogP contribution in [-0.2, 0) is 6.54 Å². The Balaban J connectivity index is 2.23. The first-order chi connectivity index (χ1) is 11.8. The number of thiophene rings is 1. The van der Waals surface area contributed by atoms with E-state index in [1.54, 1.807) is 6.92 Å². The number of aromatic nitrogens is 2. The lowest BCUT2D eigenvalue weighted by Gasteiger charge is -2.08. The Kier molecular flexibility index (Phi) is 3.98. The summed E-state index contributed by atoms with van der Waals surface area (Å²) in [6, 6.07) is 5.45. The molecule has 1 aromatic carbocycles. The molecule has 25 heavy (non-hydrogen) atoms. The van der Waals surface area contributed by atoms with Crippen LogP contribution in [-0.4, -0.2) is 20.6 Å². The third kappa shape index (κ3) is 2.72. The molecule has 0 aliphatic rings. The van der Waals surface area contributed by atoms with E-state index in [0.29, 0.717) is 15.3 Å². The molecule has 2 N–H and O–H groups in total. The second-order valence-electron chi connectivity index (χ2n) is 5.29. The lowest BCUT2D eigenvalue weighted by molar-refractivity contribution is 0.0691. The molecule has 0 aliphatic carbocycles. The number of nitrogens with zero attached hydrogens (tertiary/aromatic N) is 2. The summed E-state index contributed by atoms with van der Waals surface area (Å²) in [5.41, 5.74) is -1.28. The van der Waals surface area contributed by atoms with Crippen molar-refractivity contribution in [2.24, 2.45) is 0 Å². The number of aromatic amines is 1. The highest BCUT2D eigenvalue weighted by molar-refractivity contribution is 7.18. The number of carbonyl (C=O) groups is 1. The molecule has 0 saturated heterocycles. The highest BCUT2D eigenvalue weighted by atomic mass is 32.1. The minimum Gasteiger partial charge on any atom is -0.478 e. The number of halogens is 1. The van der Waals surface area contributed by atoms with Gasteiger partial charge in [-0.25, -0.2) is 14.0 Å². The minimum atomic E-state index is -1.42. The van der Waals surface area contributed by atoms with Gasteiger partial charge in [-0.3, -0.25) is 14.3 Å². The van der Waals surface area contributed by atoms with E-state index in [0.717, 1.165) is 23.5 Å². The van der Waals surface area contributed by atoms with Crippen LogP contribution in [0.2, 0.25) is 0 Å². The number of carboxylic acids is 1. The first-order valence-corrected chi connectivity index (χ1v) is 7.83. The van der Waals surface area contributed by atoms with Crippen molar-refractivity contribution in [3.05, 3.63) is 66.4 Å². The summed E-state index contributed by atoms with van der Waals surface area (Å²) < 4.78 is 14.7. The van der Waals surface area contributed by atoms with Crippen LogP contribution >= 0.6 is 11.3 Å². The van der Waals surface area contributed by atoms with Crippen LogP contribution < -0.4 is 11.2 Å². The number of H-pyrrole nitrogens is 1. The highest BCUT2D eigenvalue weighted by Gasteiger charge is 2.18. The third-order valence-corrected chi connectivity index (χ3v) is 4.85. The Bertz CT molecular complexity index is 1180. The molecule has 0 unspecified atom stereocenters. The number of hydrogen-bond donors (Lipinski definition) is 2. The smallest absolute Gasteiger partial charge is 0.338 e. The summed E-state index contributed by atoms with van der Waals surface area (Å²) in [5.74, 6) is -2.30. The molecular weight excluding hydrogens is 349 g/mol. The zero-order valence-corrected chi connectivity index (χ0v) is 13.6. The first-order valence-electron chi connectivity index (χ1n) is 7.01. The van der Waals surface area contributed by atoms with E-state index in [1.165, 1.54) is 10.6 Å². The molecule has 9 heteroatoms. The van der Waals surface area contributed by atoms with Crippen LogP contribution in [0.1, 0.15) is 26.4 Å². The van der Waals surface area contributed by atoms with Gasteiger partial charge in [-0.15, -0.1) is 11.3 Å². The number of benzene rings is 1. The summed E-state index contributed by atoms with van der Waals surface area (Å²) in [7, 11) is 0. The molecule has 0 spiro atoms. The Labute approximate surface area is 143 Å². The van der Waals surface area contributed by atoms with Gasteiger partial charge in [0.1, 0.15) is 16.7 Å². The van der Waals surface area contributed by atoms with E-state index in [2.05, 4.69) is 4.98 Å². The number of aryl methyl sites for hydroxylation is 1. The van der Waals surface area contributed by atoms with Crippen LogP contribution in [0.4, 0.5) is 4.39 Å². The van der Waals surface area contributed by atoms with Gasteiger partial charge in [0.2, 0.25) is 0 Å². The predicted octanol–water partition coefficient (Wildman–Crippen LogP) is 1.82. The maximum atomic E-state index is 13.5. The van der Waals surface area contributed by atoms with E-state index in [9.17, 15) is 24.0 Å². The van der Waals surface area contributed by atoms with Crippen LogP contribution in [0.15, 0.2) is 27.8 Å². The van der Waals surface area contributed by atoms with E-state index < -0.39 is 28.6 Å². The Morgan fingerprint density at radius 3 is 2.80 bits per heavy atom. The fourth-order valence-corrected chi connectivity index (χ4v) is 3.64. The summed E-state index contributed by atoms with van der Waals surface area (Å²) in [6.07, 6.45) is 0. The van der Waals surface area contributed by atoms with Crippen molar-refractivity contribution in [3.63, 3.8) is 0 Å². The molecule has 0 radical (unpaired) electrons. The lowest BCUT2D eigenvalue weighted by Crippen LogP contribution is -2.30. The molecule has 3 aromatic rings. The standard InChI is InChI=1S/C16H10FN3O4S/c1-7-10(5-18)12-13(21)19-16(24)20(14(12)25-7)6-8-2-3-11(17)9(4-8)15(22)23/h2-4H,6H2,1H3,(H,22,23)(H,19,21,24). The molecule has 7 nitrogen and oxygen atoms in total. The largest absolute Gasteiger partial charge is 0.478 e. The summed E-state index contributed by atoms with van der Waals surface area (Å²) in [5, 5.41) is 18.3. The number of carboxylic acid groups (broad SMARTS) is 1. The Hall–Kier alpha value is -3.25. The first kappa shape index (κ1) is 16.6. The number of hydrogen-bond acceptors (Lipinski definition) is 5. The second-order valence-corrected chi connectivity index (χ2v) is 6.49. The normalized spacial score (nSPS) is 10.8. The maximum absolute atomic E-state index is 13.5. The van der Waals surface area contributed by atoms with Gasteiger partial charge in [-0.05, 0) is 24.6 Å². The number of fused-ring (bicyclic) bond motifs is 1. The van der Waals surface area contributed by atoms with Gasteiger partial charge >= 0.3 is 11.7 Å². The van der Waals surface area contributed by atoms with Gasteiger partial charge in [0.15, 0.2) is 0 Å². The molecule has 126 valence electrons. The van der Waals surface area contributed by atoms with Gasteiger partial charge in [-0.1, -0.05) is 6.07 Å². The molecule has 0 amide bonds. The molecular formula is C16H10FN3O4S. The van der Waals surface area contributed by atoms with Crippen molar-refractivity contribution in [1.29, 1.82) is 5.26 Å². The van der Waals surface area contributed by atoms with Crippen LogP contribution in [0.5, 0.6) is 0 Å². The van der Waals surface area contributed by atoms with Gasteiger partial charge in [0, 0.05) is 4.88 Å². The van der Waals surface area contributed by atoms with E-state index in [4.69, 9.17) is 5.11 Å². The number of aromatic carboxylic acids is 1. The Morgan fingerprint density at radius 2 is 2.16 bits per heavy atom. The molecule has 0 bridgehead atoms. The van der Waals surface area contributed by atoms with Gasteiger partial charge < -0.3 is 5.11 Å². The van der Waals surface area contributed by atoms with Crippen molar-refractivity contribution in [3.8, 4) is 6.07 Å². The van der Waals surface area contributed by atoms with Gasteiger partial charge in [0.25, 0.3) is 5.56 Å². The molecule has 2 aromatic heterocycles. The van der Waals surface area contributed by atoms with Crippen molar-refractivity contribution in [2.75, 3.05) is 0 Å². The number of rotatable bonds is 3. The summed E-state index contributed by atoms with van der Waals surface area (Å²) in [4.78, 5) is 38.3. The third-order valence-electron chi connectivity index (χ3n) is 3.72. The molecule has 0 aliphatic heterocycles. The van der Waals surface area contributed by atoms with Crippen molar-refractivity contribution >= 4 is 27.5 Å². The fraction of sp³-hybridized carbons (Fsp3) is 0.125. The molecule has 2 heterocycles. The van der Waals surface area contributed by atoms with E-state index in [-0.39, 0.29) is 17.5 Å².